The van der Waals surface area contributed by atoms with Crippen LogP contribution in [-0.4, -0.2) is 36.1 Å². The summed E-state index contributed by atoms with van der Waals surface area (Å²) in [5, 5.41) is 0. The second-order valence-electron chi connectivity index (χ2n) is 11.8. The first kappa shape index (κ1) is 28.4. The Hall–Kier alpha value is -5.37. The lowest BCUT2D eigenvalue weighted by Gasteiger charge is -2.28. The molecule has 1 saturated heterocycles. The molecule has 2 bridgehead atoms. The number of fused-ring (bicyclic) bond motifs is 5. The van der Waals surface area contributed by atoms with Gasteiger partial charge in [-0.1, -0.05) is 48.5 Å². The summed E-state index contributed by atoms with van der Waals surface area (Å²) in [4.78, 5) is 65.9. The quantitative estimate of drug-likeness (QED) is 0.108. The highest BCUT2D eigenvalue weighted by atomic mass is 16.5. The number of imide groups is 1. The standard InChI is InChI=1S/C37H29NO7/c39-31(23-13-17-28(18-14-23)45-37(43)24-9-5-2-6-10-24)21-44-36(42)25-11-15-27(16-12-25)38-34(40)32-26-19-29(22-7-3-1-4-8-22)30(20-26)33(32)35(38)41/h1-18,26,29-30,32-33H,19-21H2/t26-,29+,30+,32-,33-/m1/s1. The molecule has 3 fully saturated rings. The number of anilines is 1. The number of carbonyl (C=O) groups excluding carboxylic acids is 5. The zero-order chi connectivity index (χ0) is 31.1. The number of hydrogen-bond donors (Lipinski definition) is 0. The first-order valence-corrected chi connectivity index (χ1v) is 15.0. The van der Waals surface area contributed by atoms with Crippen LogP contribution in [0, 0.1) is 23.7 Å². The van der Waals surface area contributed by atoms with Crippen LogP contribution in [-0.2, 0) is 14.3 Å². The van der Waals surface area contributed by atoms with Gasteiger partial charge in [-0.2, -0.15) is 0 Å². The van der Waals surface area contributed by atoms with Crippen molar-refractivity contribution >= 4 is 35.2 Å². The van der Waals surface area contributed by atoms with Crippen LogP contribution in [0.25, 0.3) is 0 Å². The van der Waals surface area contributed by atoms with Gasteiger partial charge in [0.2, 0.25) is 11.8 Å². The van der Waals surface area contributed by atoms with E-state index >= 15 is 0 Å². The minimum atomic E-state index is -0.706. The van der Waals surface area contributed by atoms with Gasteiger partial charge in [-0.25, -0.2) is 9.59 Å². The van der Waals surface area contributed by atoms with Gasteiger partial charge in [-0.3, -0.25) is 19.3 Å². The Balaban J connectivity index is 0.953. The molecule has 0 spiro atoms. The second-order valence-corrected chi connectivity index (χ2v) is 11.8. The Morgan fingerprint density at radius 2 is 1.24 bits per heavy atom. The predicted molar refractivity (Wildman–Crippen MR) is 164 cm³/mol. The third kappa shape index (κ3) is 5.22. The largest absolute Gasteiger partial charge is 0.454 e. The maximum Gasteiger partial charge on any atom is 0.343 e. The predicted octanol–water partition coefficient (Wildman–Crippen LogP) is 5.87. The molecule has 0 aromatic heterocycles. The van der Waals surface area contributed by atoms with Gasteiger partial charge in [-0.05, 0) is 96.8 Å². The number of ketones is 1. The van der Waals surface area contributed by atoms with E-state index in [1.165, 1.54) is 46.9 Å². The van der Waals surface area contributed by atoms with E-state index in [-0.39, 0.29) is 58.3 Å². The first-order chi connectivity index (χ1) is 21.9. The zero-order valence-electron chi connectivity index (χ0n) is 24.2. The first-order valence-electron chi connectivity index (χ1n) is 15.0. The lowest BCUT2D eigenvalue weighted by Crippen LogP contribution is -2.33. The molecule has 1 heterocycles. The highest BCUT2D eigenvalue weighted by molar-refractivity contribution is 6.22. The molecule has 7 rings (SSSR count). The van der Waals surface area contributed by atoms with Gasteiger partial charge in [0.1, 0.15) is 5.75 Å². The van der Waals surface area contributed by atoms with E-state index in [1.807, 2.05) is 18.2 Å². The zero-order valence-corrected chi connectivity index (χ0v) is 24.2. The molecule has 3 aliphatic rings. The van der Waals surface area contributed by atoms with Crippen molar-refractivity contribution in [3.8, 4) is 5.75 Å². The number of carbonyl (C=O) groups is 5. The number of ether oxygens (including phenoxy) is 2. The van der Waals surface area contributed by atoms with Crippen LogP contribution in [0.3, 0.4) is 0 Å². The summed E-state index contributed by atoms with van der Waals surface area (Å²) in [6.45, 7) is -0.485. The van der Waals surface area contributed by atoms with Crippen LogP contribution in [0.15, 0.2) is 109 Å². The molecule has 224 valence electrons. The summed E-state index contributed by atoms with van der Waals surface area (Å²) < 4.78 is 10.6. The average Bonchev–Trinajstić information content (AvgIpc) is 3.75. The summed E-state index contributed by atoms with van der Waals surface area (Å²) in [6, 6.07) is 30.9. The minimum absolute atomic E-state index is 0.149. The summed E-state index contributed by atoms with van der Waals surface area (Å²) in [6.07, 6.45) is 1.81. The normalized spacial score (nSPS) is 23.1. The fraction of sp³-hybridized carbons (Fsp3) is 0.216. The molecular weight excluding hydrogens is 570 g/mol. The van der Waals surface area contributed by atoms with Crippen LogP contribution in [0.5, 0.6) is 5.75 Å². The maximum atomic E-state index is 13.6. The molecule has 0 N–H and O–H groups in total. The highest BCUT2D eigenvalue weighted by Gasteiger charge is 2.64. The van der Waals surface area contributed by atoms with E-state index in [1.54, 1.807) is 42.5 Å². The Kier molecular flexibility index (Phi) is 7.33. The summed E-state index contributed by atoms with van der Waals surface area (Å²) in [5.41, 5.74) is 2.54. The number of Topliss-reactive ketones (excluding diaryl/α,β-unsaturated/α-hetero) is 1. The van der Waals surface area contributed by atoms with Crippen molar-refractivity contribution in [2.24, 2.45) is 23.7 Å². The number of nitrogens with zero attached hydrogens (tertiary/aromatic N) is 1. The van der Waals surface area contributed by atoms with E-state index in [2.05, 4.69) is 12.1 Å². The summed E-state index contributed by atoms with van der Waals surface area (Å²) >= 11 is 0. The van der Waals surface area contributed by atoms with E-state index in [4.69, 9.17) is 9.47 Å². The molecule has 45 heavy (non-hydrogen) atoms. The van der Waals surface area contributed by atoms with Gasteiger partial charge >= 0.3 is 11.9 Å². The fourth-order valence-corrected chi connectivity index (χ4v) is 7.29. The maximum absolute atomic E-state index is 13.6. The van der Waals surface area contributed by atoms with E-state index < -0.39 is 24.3 Å². The Morgan fingerprint density at radius 3 is 1.93 bits per heavy atom. The van der Waals surface area contributed by atoms with Crippen molar-refractivity contribution in [2.45, 2.75) is 18.8 Å². The van der Waals surface area contributed by atoms with Crippen molar-refractivity contribution in [1.29, 1.82) is 0 Å². The third-order valence-corrected chi connectivity index (χ3v) is 9.34. The van der Waals surface area contributed by atoms with Crippen molar-refractivity contribution in [3.63, 3.8) is 0 Å². The van der Waals surface area contributed by atoms with Crippen molar-refractivity contribution in [2.75, 3.05) is 11.5 Å². The molecular formula is C37H29NO7. The van der Waals surface area contributed by atoms with Gasteiger partial charge in [0.25, 0.3) is 0 Å². The molecule has 4 aromatic rings. The van der Waals surface area contributed by atoms with Crippen LogP contribution >= 0.6 is 0 Å². The van der Waals surface area contributed by atoms with Gasteiger partial charge in [0.05, 0.1) is 28.7 Å². The van der Waals surface area contributed by atoms with E-state index in [0.717, 1.165) is 12.8 Å². The molecule has 2 aliphatic carbocycles. The lowest BCUT2D eigenvalue weighted by atomic mass is 9.73. The molecule has 0 unspecified atom stereocenters. The van der Waals surface area contributed by atoms with Crippen molar-refractivity contribution in [3.05, 3.63) is 131 Å². The monoisotopic (exact) mass is 599 g/mol. The van der Waals surface area contributed by atoms with Crippen molar-refractivity contribution < 1.29 is 33.4 Å². The fourth-order valence-electron chi connectivity index (χ4n) is 7.29. The Bertz CT molecular complexity index is 1780. The Morgan fingerprint density at radius 1 is 0.644 bits per heavy atom. The number of rotatable bonds is 8. The average molecular weight is 600 g/mol. The lowest BCUT2D eigenvalue weighted by molar-refractivity contribution is -0.123. The van der Waals surface area contributed by atoms with Crippen LogP contribution < -0.4 is 9.64 Å². The van der Waals surface area contributed by atoms with Gasteiger partial charge < -0.3 is 9.47 Å². The highest BCUT2D eigenvalue weighted by Crippen LogP contribution is 2.61. The number of benzene rings is 4. The SMILES string of the molecule is O=C(COC(=O)c1ccc(N2C(=O)[C@@H]3[C@H]4C[C@H]([C@H]3C2=O)[C@H](c2ccccc2)C4)cc1)c1ccc(OC(=O)c2ccccc2)cc1. The molecule has 8 nitrogen and oxygen atoms in total. The molecule has 0 radical (unpaired) electrons. The van der Waals surface area contributed by atoms with Crippen LogP contribution in [0.1, 0.15) is 55.4 Å². The van der Waals surface area contributed by atoms with Crippen LogP contribution in [0.2, 0.25) is 0 Å². The molecule has 8 heteroatoms. The van der Waals surface area contributed by atoms with Crippen LogP contribution in [0.4, 0.5) is 5.69 Å². The molecule has 1 aliphatic heterocycles. The van der Waals surface area contributed by atoms with E-state index in [9.17, 15) is 24.0 Å². The molecule has 2 amide bonds. The molecule has 2 saturated carbocycles. The smallest absolute Gasteiger partial charge is 0.343 e. The summed E-state index contributed by atoms with van der Waals surface area (Å²) in [5.74, 6) is -1.68. The topological polar surface area (TPSA) is 107 Å². The second kappa shape index (κ2) is 11.6. The van der Waals surface area contributed by atoms with Crippen molar-refractivity contribution in [1.82, 2.24) is 0 Å². The minimum Gasteiger partial charge on any atom is -0.454 e. The van der Waals surface area contributed by atoms with Gasteiger partial charge in [-0.15, -0.1) is 0 Å². The van der Waals surface area contributed by atoms with Gasteiger partial charge in [0.15, 0.2) is 12.4 Å². The van der Waals surface area contributed by atoms with E-state index in [0.29, 0.717) is 11.3 Å². The number of amides is 2. The Labute approximate surface area is 259 Å². The molecule has 4 aromatic carbocycles. The number of hydrogen-bond acceptors (Lipinski definition) is 7. The summed E-state index contributed by atoms with van der Waals surface area (Å²) in [7, 11) is 0. The molecule has 5 atom stereocenters. The third-order valence-electron chi connectivity index (χ3n) is 9.34. The van der Waals surface area contributed by atoms with Gasteiger partial charge in [0, 0.05) is 5.56 Å². The number of esters is 2.